The van der Waals surface area contributed by atoms with Crippen LogP contribution in [-0.2, 0) is 4.79 Å². The van der Waals surface area contributed by atoms with Gasteiger partial charge in [-0.1, -0.05) is 24.3 Å². The lowest BCUT2D eigenvalue weighted by Crippen LogP contribution is -2.11. The highest BCUT2D eigenvalue weighted by atomic mass is 19.1. The maximum atomic E-state index is 12.9. The number of aryl methyl sites for hydroxylation is 2. The summed E-state index contributed by atoms with van der Waals surface area (Å²) in [7, 11) is 0. The summed E-state index contributed by atoms with van der Waals surface area (Å²) in [6.07, 6.45) is 3.06. The zero-order valence-corrected chi connectivity index (χ0v) is 14.0. The number of carbonyl (C=O) groups excluding carboxylic acids is 1. The molecule has 0 saturated carbocycles. The third kappa shape index (κ3) is 4.01. The van der Waals surface area contributed by atoms with Crippen LogP contribution in [0.5, 0.6) is 0 Å². The van der Waals surface area contributed by atoms with E-state index in [1.165, 1.54) is 18.2 Å². The monoisotopic (exact) mass is 335 g/mol. The Balaban J connectivity index is 1.80. The van der Waals surface area contributed by atoms with E-state index in [-0.39, 0.29) is 11.7 Å². The molecule has 1 heterocycles. The van der Waals surface area contributed by atoms with Gasteiger partial charge in [-0.05, 0) is 55.8 Å². The van der Waals surface area contributed by atoms with E-state index in [0.717, 1.165) is 22.6 Å². The Morgan fingerprint density at radius 2 is 1.84 bits per heavy atom. The molecular weight excluding hydrogens is 317 g/mol. The first kappa shape index (κ1) is 16.6. The summed E-state index contributed by atoms with van der Waals surface area (Å²) in [6, 6.07) is 15.4. The van der Waals surface area contributed by atoms with Crippen molar-refractivity contribution in [1.82, 2.24) is 9.78 Å². The molecule has 0 unspecified atom stereocenters. The second-order valence-corrected chi connectivity index (χ2v) is 5.73. The number of benzene rings is 2. The number of rotatable bonds is 4. The van der Waals surface area contributed by atoms with Gasteiger partial charge in [-0.2, -0.15) is 5.10 Å². The first-order chi connectivity index (χ1) is 12.0. The van der Waals surface area contributed by atoms with Crippen LogP contribution in [-0.4, -0.2) is 15.7 Å². The Hall–Kier alpha value is -3.21. The van der Waals surface area contributed by atoms with Gasteiger partial charge in [-0.15, -0.1) is 0 Å². The van der Waals surface area contributed by atoms with Gasteiger partial charge in [0.25, 0.3) is 0 Å². The van der Waals surface area contributed by atoms with Gasteiger partial charge < -0.3 is 5.32 Å². The fraction of sp³-hybridized carbons (Fsp3) is 0.100. The predicted molar refractivity (Wildman–Crippen MR) is 97.1 cm³/mol. The molecule has 0 radical (unpaired) electrons. The van der Waals surface area contributed by atoms with Crippen molar-refractivity contribution in [3.05, 3.63) is 83.4 Å². The predicted octanol–water partition coefficient (Wildman–Crippen LogP) is 4.28. The average Bonchev–Trinajstić information content (AvgIpc) is 2.93. The molecule has 25 heavy (non-hydrogen) atoms. The summed E-state index contributed by atoms with van der Waals surface area (Å²) in [5, 5.41) is 7.33. The van der Waals surface area contributed by atoms with Gasteiger partial charge in [-0.3, -0.25) is 4.79 Å². The minimum atomic E-state index is -0.305. The molecule has 4 nitrogen and oxygen atoms in total. The number of hydrogen-bond acceptors (Lipinski definition) is 2. The van der Waals surface area contributed by atoms with E-state index in [1.807, 2.05) is 44.2 Å². The summed E-state index contributed by atoms with van der Waals surface area (Å²) >= 11 is 0. The van der Waals surface area contributed by atoms with Crippen molar-refractivity contribution in [3.63, 3.8) is 0 Å². The van der Waals surface area contributed by atoms with Crippen molar-refractivity contribution in [3.8, 4) is 5.69 Å². The molecule has 0 aliphatic heterocycles. The van der Waals surface area contributed by atoms with Gasteiger partial charge in [0, 0.05) is 11.8 Å². The van der Waals surface area contributed by atoms with Gasteiger partial charge in [0.2, 0.25) is 5.91 Å². The fourth-order valence-corrected chi connectivity index (χ4v) is 2.56. The van der Waals surface area contributed by atoms with Crippen molar-refractivity contribution in [2.24, 2.45) is 0 Å². The van der Waals surface area contributed by atoms with E-state index in [9.17, 15) is 9.18 Å². The molecule has 1 N–H and O–H groups in total. The zero-order chi connectivity index (χ0) is 17.8. The molecule has 0 saturated heterocycles. The molecule has 2 aromatic carbocycles. The second kappa shape index (κ2) is 7.13. The van der Waals surface area contributed by atoms with Crippen LogP contribution >= 0.6 is 0 Å². The van der Waals surface area contributed by atoms with Gasteiger partial charge in [0.15, 0.2) is 0 Å². The Morgan fingerprint density at radius 1 is 1.12 bits per heavy atom. The summed E-state index contributed by atoms with van der Waals surface area (Å²) in [5.74, 6) is -0.571. The van der Waals surface area contributed by atoms with E-state index in [0.29, 0.717) is 5.69 Å². The quantitative estimate of drug-likeness (QED) is 0.723. The molecule has 0 bridgehead atoms. The largest absolute Gasteiger partial charge is 0.321 e. The van der Waals surface area contributed by atoms with Gasteiger partial charge >= 0.3 is 0 Å². The van der Waals surface area contributed by atoms with E-state index < -0.39 is 0 Å². The lowest BCUT2D eigenvalue weighted by Gasteiger charge is -2.11. The van der Waals surface area contributed by atoms with Crippen LogP contribution in [0.15, 0.2) is 60.7 Å². The third-order valence-electron chi connectivity index (χ3n) is 3.70. The highest BCUT2D eigenvalue weighted by Crippen LogP contribution is 2.21. The molecular formula is C20H18FN3O. The van der Waals surface area contributed by atoms with E-state index >= 15 is 0 Å². The molecule has 0 aliphatic carbocycles. The van der Waals surface area contributed by atoms with Crippen LogP contribution in [0.4, 0.5) is 10.1 Å². The van der Waals surface area contributed by atoms with Gasteiger partial charge in [0.1, 0.15) is 5.82 Å². The van der Waals surface area contributed by atoms with E-state index in [1.54, 1.807) is 22.9 Å². The minimum absolute atomic E-state index is 0.265. The van der Waals surface area contributed by atoms with Crippen molar-refractivity contribution in [2.75, 3.05) is 5.32 Å². The van der Waals surface area contributed by atoms with E-state index in [2.05, 4.69) is 10.4 Å². The number of amides is 1. The highest BCUT2D eigenvalue weighted by molar-refractivity contribution is 6.03. The van der Waals surface area contributed by atoms with Crippen LogP contribution in [0.1, 0.15) is 17.0 Å². The highest BCUT2D eigenvalue weighted by Gasteiger charge is 2.09. The smallest absolute Gasteiger partial charge is 0.248 e. The molecule has 0 atom stereocenters. The van der Waals surface area contributed by atoms with Crippen molar-refractivity contribution in [2.45, 2.75) is 13.8 Å². The number of para-hydroxylation sites is 2. The maximum absolute atomic E-state index is 12.9. The van der Waals surface area contributed by atoms with Crippen LogP contribution in [0.3, 0.4) is 0 Å². The van der Waals surface area contributed by atoms with Crippen LogP contribution in [0, 0.1) is 19.7 Å². The zero-order valence-electron chi connectivity index (χ0n) is 14.0. The molecule has 0 aliphatic rings. The summed E-state index contributed by atoms with van der Waals surface area (Å²) in [6.45, 7) is 3.89. The molecule has 3 aromatic rings. The first-order valence-electron chi connectivity index (χ1n) is 7.90. The number of halogens is 1. The number of hydrogen-bond donors (Lipinski definition) is 1. The SMILES string of the molecule is Cc1cc(C)n(-c2ccccc2NC(=O)/C=C/c2ccc(F)cc2)n1. The Bertz CT molecular complexity index is 926. The standard InChI is InChI=1S/C20H18FN3O/c1-14-13-15(2)24(23-14)19-6-4-3-5-18(19)22-20(25)12-9-16-7-10-17(21)11-8-16/h3-13H,1-2H3,(H,22,25)/b12-9+. The van der Waals surface area contributed by atoms with Crippen LogP contribution < -0.4 is 5.32 Å². The van der Waals surface area contributed by atoms with E-state index in [4.69, 9.17) is 0 Å². The number of nitrogens with zero attached hydrogens (tertiary/aromatic N) is 2. The average molecular weight is 335 g/mol. The second-order valence-electron chi connectivity index (χ2n) is 5.73. The summed E-state index contributed by atoms with van der Waals surface area (Å²) < 4.78 is 14.7. The molecule has 5 heteroatoms. The van der Waals surface area contributed by atoms with Crippen molar-refractivity contribution in [1.29, 1.82) is 0 Å². The van der Waals surface area contributed by atoms with Crippen molar-refractivity contribution < 1.29 is 9.18 Å². The number of nitrogens with one attached hydrogen (secondary N) is 1. The van der Waals surface area contributed by atoms with Gasteiger partial charge in [-0.25, -0.2) is 9.07 Å². The molecule has 126 valence electrons. The Labute approximate surface area is 145 Å². The van der Waals surface area contributed by atoms with Gasteiger partial charge in [0.05, 0.1) is 17.1 Å². The molecule has 1 aromatic heterocycles. The first-order valence-corrected chi connectivity index (χ1v) is 7.90. The topological polar surface area (TPSA) is 46.9 Å². The number of carbonyl (C=O) groups is 1. The molecule has 1 amide bonds. The Kier molecular flexibility index (Phi) is 4.75. The fourth-order valence-electron chi connectivity index (χ4n) is 2.56. The van der Waals surface area contributed by atoms with Crippen LogP contribution in [0.2, 0.25) is 0 Å². The maximum Gasteiger partial charge on any atom is 0.248 e. The normalized spacial score (nSPS) is 11.0. The van der Waals surface area contributed by atoms with Crippen LogP contribution in [0.25, 0.3) is 11.8 Å². The molecule has 3 rings (SSSR count). The minimum Gasteiger partial charge on any atom is -0.321 e. The number of aromatic nitrogens is 2. The summed E-state index contributed by atoms with van der Waals surface area (Å²) in [5.41, 5.74) is 4.12. The Morgan fingerprint density at radius 3 is 2.52 bits per heavy atom. The van der Waals surface area contributed by atoms with Crippen molar-refractivity contribution >= 4 is 17.7 Å². The number of anilines is 1. The molecule has 0 spiro atoms. The third-order valence-corrected chi connectivity index (χ3v) is 3.70. The molecule has 0 fully saturated rings. The lowest BCUT2D eigenvalue weighted by molar-refractivity contribution is -0.111. The summed E-state index contributed by atoms with van der Waals surface area (Å²) in [4.78, 5) is 12.2. The lowest BCUT2D eigenvalue weighted by atomic mass is 10.2.